The standard InChI is InChI=1S/C8H14ClN3O2S/c9-7-6-8(10)12(11-7)2-1-3-13-4-5-14-15/h6,15H,1-5,10H2. The molecule has 0 bridgehead atoms. The lowest BCUT2D eigenvalue weighted by molar-refractivity contribution is 0.103. The van der Waals surface area contributed by atoms with Gasteiger partial charge in [-0.25, -0.2) is 4.68 Å². The normalized spacial score (nSPS) is 10.8. The van der Waals surface area contributed by atoms with E-state index in [-0.39, 0.29) is 0 Å². The number of halogens is 1. The van der Waals surface area contributed by atoms with Crippen LogP contribution in [0.5, 0.6) is 0 Å². The average Bonchev–Trinajstić information content (AvgIpc) is 2.51. The molecular formula is C8H14ClN3O2S. The number of hydrogen-bond donors (Lipinski definition) is 2. The number of aryl methyl sites for hydroxylation is 1. The minimum absolute atomic E-state index is 0.414. The predicted octanol–water partition coefficient (Wildman–Crippen LogP) is 1.39. The van der Waals surface area contributed by atoms with Gasteiger partial charge in [-0.15, -0.1) is 0 Å². The van der Waals surface area contributed by atoms with Crippen molar-refractivity contribution in [2.24, 2.45) is 0 Å². The Bertz CT molecular complexity index is 295. The smallest absolute Gasteiger partial charge is 0.153 e. The van der Waals surface area contributed by atoms with Gasteiger partial charge in [0.1, 0.15) is 5.82 Å². The Morgan fingerprint density at radius 1 is 1.47 bits per heavy atom. The summed E-state index contributed by atoms with van der Waals surface area (Å²) >= 11 is 9.27. The summed E-state index contributed by atoms with van der Waals surface area (Å²) in [5.74, 6) is 0.568. The third-order valence-corrected chi connectivity index (χ3v) is 2.13. The van der Waals surface area contributed by atoms with Crippen LogP contribution in [0.3, 0.4) is 0 Å². The molecule has 1 rings (SSSR count). The maximum absolute atomic E-state index is 5.68. The molecular weight excluding hydrogens is 238 g/mol. The number of ether oxygens (including phenoxy) is 1. The van der Waals surface area contributed by atoms with Gasteiger partial charge in [-0.05, 0) is 19.3 Å². The van der Waals surface area contributed by atoms with Crippen molar-refractivity contribution < 1.29 is 8.92 Å². The fourth-order valence-corrected chi connectivity index (χ4v) is 1.37. The van der Waals surface area contributed by atoms with Gasteiger partial charge in [0.05, 0.1) is 13.2 Å². The van der Waals surface area contributed by atoms with E-state index in [0.717, 1.165) is 6.42 Å². The van der Waals surface area contributed by atoms with E-state index in [2.05, 4.69) is 22.2 Å². The fraction of sp³-hybridized carbons (Fsp3) is 0.625. The van der Waals surface area contributed by atoms with E-state index >= 15 is 0 Å². The maximum atomic E-state index is 5.68. The molecule has 0 fully saturated rings. The quantitative estimate of drug-likeness (QED) is 0.437. The molecule has 1 heterocycles. The van der Waals surface area contributed by atoms with Crippen LogP contribution in [0.2, 0.25) is 5.15 Å². The molecule has 0 aromatic carbocycles. The Hall–Kier alpha value is -0.430. The largest absolute Gasteiger partial charge is 0.384 e. The highest BCUT2D eigenvalue weighted by Crippen LogP contribution is 2.11. The zero-order valence-corrected chi connectivity index (χ0v) is 9.88. The Balaban J connectivity index is 2.12. The average molecular weight is 252 g/mol. The Morgan fingerprint density at radius 2 is 2.27 bits per heavy atom. The molecule has 0 unspecified atom stereocenters. The number of anilines is 1. The predicted molar refractivity (Wildman–Crippen MR) is 62.0 cm³/mol. The summed E-state index contributed by atoms with van der Waals surface area (Å²) in [6.45, 7) is 2.35. The van der Waals surface area contributed by atoms with Crippen molar-refractivity contribution in [1.29, 1.82) is 0 Å². The molecule has 0 aliphatic rings. The number of thiol groups is 1. The van der Waals surface area contributed by atoms with Crippen LogP contribution in [0.1, 0.15) is 6.42 Å². The fourth-order valence-electron chi connectivity index (χ4n) is 1.09. The lowest BCUT2D eigenvalue weighted by atomic mass is 10.4. The van der Waals surface area contributed by atoms with Crippen molar-refractivity contribution in [2.75, 3.05) is 25.6 Å². The van der Waals surface area contributed by atoms with E-state index in [9.17, 15) is 0 Å². The zero-order valence-electron chi connectivity index (χ0n) is 8.23. The first-order valence-electron chi connectivity index (χ1n) is 4.57. The van der Waals surface area contributed by atoms with Gasteiger partial charge in [-0.1, -0.05) is 11.6 Å². The van der Waals surface area contributed by atoms with Crippen LogP contribution in [0.4, 0.5) is 5.82 Å². The lowest BCUT2D eigenvalue weighted by Crippen LogP contribution is -2.08. The van der Waals surface area contributed by atoms with Crippen molar-refractivity contribution in [2.45, 2.75) is 13.0 Å². The van der Waals surface area contributed by atoms with E-state index in [1.54, 1.807) is 10.7 Å². The monoisotopic (exact) mass is 251 g/mol. The number of hydrogen-bond acceptors (Lipinski definition) is 5. The van der Waals surface area contributed by atoms with Crippen molar-refractivity contribution in [3.63, 3.8) is 0 Å². The molecule has 0 aliphatic carbocycles. The summed E-state index contributed by atoms with van der Waals surface area (Å²) in [4.78, 5) is 0. The van der Waals surface area contributed by atoms with E-state index in [1.807, 2.05) is 0 Å². The summed E-state index contributed by atoms with van der Waals surface area (Å²) < 4.78 is 11.5. The minimum Gasteiger partial charge on any atom is -0.384 e. The molecule has 2 N–H and O–H groups in total. The number of nitrogens with two attached hydrogens (primary N) is 1. The molecule has 86 valence electrons. The van der Waals surface area contributed by atoms with Crippen LogP contribution >= 0.6 is 24.5 Å². The van der Waals surface area contributed by atoms with Crippen molar-refractivity contribution in [3.05, 3.63) is 11.2 Å². The van der Waals surface area contributed by atoms with E-state index < -0.39 is 0 Å². The third kappa shape index (κ3) is 4.74. The SMILES string of the molecule is Nc1cc(Cl)nn1CCCOCCOS. The summed E-state index contributed by atoms with van der Waals surface area (Å²) in [6.07, 6.45) is 0.828. The number of nitrogens with zero attached hydrogens (tertiary/aromatic N) is 2. The molecule has 1 aromatic heterocycles. The number of aromatic nitrogens is 2. The van der Waals surface area contributed by atoms with Gasteiger partial charge < -0.3 is 14.7 Å². The molecule has 0 saturated heterocycles. The van der Waals surface area contributed by atoms with Crippen molar-refractivity contribution in [3.8, 4) is 0 Å². The Morgan fingerprint density at radius 3 is 2.87 bits per heavy atom. The highest BCUT2D eigenvalue weighted by molar-refractivity contribution is 7.75. The second kappa shape index (κ2) is 6.95. The maximum Gasteiger partial charge on any atom is 0.153 e. The second-order valence-corrected chi connectivity index (χ2v) is 3.56. The topological polar surface area (TPSA) is 62.3 Å². The molecule has 1 aromatic rings. The number of nitrogen functional groups attached to an aromatic ring is 1. The summed E-state index contributed by atoms with van der Waals surface area (Å²) in [5.41, 5.74) is 5.65. The Labute approximate surface area is 99.1 Å². The highest BCUT2D eigenvalue weighted by Gasteiger charge is 2.01. The van der Waals surface area contributed by atoms with Crippen molar-refractivity contribution in [1.82, 2.24) is 9.78 Å². The molecule has 0 spiro atoms. The summed E-state index contributed by atoms with van der Waals surface area (Å²) in [6, 6.07) is 1.62. The molecule has 0 atom stereocenters. The first kappa shape index (κ1) is 12.6. The van der Waals surface area contributed by atoms with Gasteiger partial charge in [0, 0.05) is 19.2 Å². The van der Waals surface area contributed by atoms with Gasteiger partial charge >= 0.3 is 0 Å². The summed E-state index contributed by atoms with van der Waals surface area (Å²) in [7, 11) is 0. The lowest BCUT2D eigenvalue weighted by Gasteiger charge is -2.04. The second-order valence-electron chi connectivity index (χ2n) is 2.91. The van der Waals surface area contributed by atoms with E-state index in [0.29, 0.717) is 37.3 Å². The van der Waals surface area contributed by atoms with Crippen LogP contribution < -0.4 is 5.73 Å². The number of rotatable bonds is 7. The van der Waals surface area contributed by atoms with E-state index in [1.165, 1.54) is 0 Å². The van der Waals surface area contributed by atoms with Gasteiger partial charge in [-0.3, -0.25) is 0 Å². The van der Waals surface area contributed by atoms with Crippen LogP contribution in [0, 0.1) is 0 Å². The zero-order chi connectivity index (χ0) is 11.1. The van der Waals surface area contributed by atoms with Crippen molar-refractivity contribution >= 4 is 30.3 Å². The summed E-state index contributed by atoms with van der Waals surface area (Å²) in [5, 5.41) is 4.42. The third-order valence-electron chi connectivity index (χ3n) is 1.76. The van der Waals surface area contributed by atoms with Crippen LogP contribution in [0.25, 0.3) is 0 Å². The van der Waals surface area contributed by atoms with Gasteiger partial charge in [-0.2, -0.15) is 5.10 Å². The molecule has 5 nitrogen and oxygen atoms in total. The van der Waals surface area contributed by atoms with Gasteiger partial charge in [0.2, 0.25) is 0 Å². The minimum atomic E-state index is 0.414. The molecule has 0 aliphatic heterocycles. The molecule has 0 saturated carbocycles. The van der Waals surface area contributed by atoms with Gasteiger partial charge in [0.15, 0.2) is 5.15 Å². The Kier molecular flexibility index (Phi) is 5.85. The molecule has 0 radical (unpaired) electrons. The molecule has 7 heteroatoms. The first-order valence-corrected chi connectivity index (χ1v) is 5.31. The van der Waals surface area contributed by atoms with Crippen LogP contribution in [0.15, 0.2) is 6.07 Å². The van der Waals surface area contributed by atoms with Crippen LogP contribution in [-0.2, 0) is 15.5 Å². The first-order chi connectivity index (χ1) is 7.24. The van der Waals surface area contributed by atoms with Gasteiger partial charge in [0.25, 0.3) is 0 Å². The highest BCUT2D eigenvalue weighted by atomic mass is 35.5. The van der Waals surface area contributed by atoms with Crippen LogP contribution in [-0.4, -0.2) is 29.6 Å². The van der Waals surface area contributed by atoms with E-state index in [4.69, 9.17) is 22.1 Å². The molecule has 0 amide bonds. The molecule has 15 heavy (non-hydrogen) atoms.